The van der Waals surface area contributed by atoms with Crippen LogP contribution in [0.2, 0.25) is 0 Å². The maximum atomic E-state index is 11.3. The van der Waals surface area contributed by atoms with Gasteiger partial charge in [0.25, 0.3) is 0 Å². The van der Waals surface area contributed by atoms with E-state index in [1.54, 1.807) is 6.08 Å². The molecule has 2 heteroatoms. The number of unbranched alkanes of at least 4 members (excludes halogenated alkanes) is 1. The first-order valence-electron chi connectivity index (χ1n) is 6.31. The Labute approximate surface area is 109 Å². The van der Waals surface area contributed by atoms with Crippen molar-refractivity contribution in [3.05, 3.63) is 54.1 Å². The summed E-state index contributed by atoms with van der Waals surface area (Å²) in [6.07, 6.45) is 7.05. The van der Waals surface area contributed by atoms with Crippen molar-refractivity contribution in [1.82, 2.24) is 0 Å². The lowest BCUT2D eigenvalue weighted by molar-refractivity contribution is -0.137. The lowest BCUT2D eigenvalue weighted by Crippen LogP contribution is -2.01. The molecule has 0 heterocycles. The SMILES string of the molecule is CCCCOC(=O)/C=C/C=C(\C)c1ccccc1. The second kappa shape index (κ2) is 8.29. The van der Waals surface area contributed by atoms with Crippen molar-refractivity contribution >= 4 is 11.5 Å². The standard InChI is InChI=1S/C16H20O2/c1-3-4-13-18-16(17)12-8-9-14(2)15-10-6-5-7-11-15/h5-12H,3-4,13H2,1-2H3/b12-8+,14-9+. The fourth-order valence-electron chi connectivity index (χ4n) is 1.43. The highest BCUT2D eigenvalue weighted by Gasteiger charge is 1.95. The highest BCUT2D eigenvalue weighted by Crippen LogP contribution is 2.12. The average molecular weight is 244 g/mol. The molecule has 0 fully saturated rings. The number of hydrogen-bond acceptors (Lipinski definition) is 2. The molecule has 0 amide bonds. The molecule has 0 saturated carbocycles. The predicted octanol–water partition coefficient (Wildman–Crippen LogP) is 3.99. The molecule has 0 bridgehead atoms. The van der Waals surface area contributed by atoms with Crippen LogP contribution in [0, 0.1) is 0 Å². The summed E-state index contributed by atoms with van der Waals surface area (Å²) in [5.41, 5.74) is 2.27. The zero-order chi connectivity index (χ0) is 13.2. The highest BCUT2D eigenvalue weighted by atomic mass is 16.5. The largest absolute Gasteiger partial charge is 0.463 e. The van der Waals surface area contributed by atoms with Gasteiger partial charge in [-0.05, 0) is 24.5 Å². The molecule has 0 atom stereocenters. The summed E-state index contributed by atoms with van der Waals surface area (Å²) in [4.78, 5) is 11.3. The van der Waals surface area contributed by atoms with Gasteiger partial charge >= 0.3 is 5.97 Å². The quantitative estimate of drug-likeness (QED) is 0.327. The van der Waals surface area contributed by atoms with Gasteiger partial charge < -0.3 is 4.74 Å². The van der Waals surface area contributed by atoms with Crippen LogP contribution in [0.3, 0.4) is 0 Å². The van der Waals surface area contributed by atoms with Crippen LogP contribution in [0.4, 0.5) is 0 Å². The van der Waals surface area contributed by atoms with E-state index in [4.69, 9.17) is 4.74 Å². The maximum Gasteiger partial charge on any atom is 0.330 e. The molecule has 1 aromatic carbocycles. The first-order valence-corrected chi connectivity index (χ1v) is 6.31. The molecule has 1 rings (SSSR count). The van der Waals surface area contributed by atoms with Gasteiger partial charge in [-0.1, -0.05) is 55.8 Å². The molecule has 0 N–H and O–H groups in total. The Morgan fingerprint density at radius 1 is 1.28 bits per heavy atom. The summed E-state index contributed by atoms with van der Waals surface area (Å²) >= 11 is 0. The minimum absolute atomic E-state index is 0.277. The first-order chi connectivity index (χ1) is 8.74. The third-order valence-corrected chi connectivity index (χ3v) is 2.55. The normalized spacial score (nSPS) is 11.8. The third kappa shape index (κ3) is 5.48. The van der Waals surface area contributed by atoms with E-state index in [0.29, 0.717) is 6.61 Å². The van der Waals surface area contributed by atoms with Crippen LogP contribution in [0.15, 0.2) is 48.6 Å². The van der Waals surface area contributed by atoms with E-state index >= 15 is 0 Å². The van der Waals surface area contributed by atoms with E-state index < -0.39 is 0 Å². The van der Waals surface area contributed by atoms with Gasteiger partial charge in [0.05, 0.1) is 6.61 Å². The molecule has 2 nitrogen and oxygen atoms in total. The fourth-order valence-corrected chi connectivity index (χ4v) is 1.43. The summed E-state index contributed by atoms with van der Waals surface area (Å²) < 4.78 is 5.01. The minimum Gasteiger partial charge on any atom is -0.463 e. The molecule has 96 valence electrons. The van der Waals surface area contributed by atoms with Crippen LogP contribution in [-0.2, 0) is 9.53 Å². The molecule has 0 aliphatic carbocycles. The molecule has 0 unspecified atom stereocenters. The highest BCUT2D eigenvalue weighted by molar-refractivity contribution is 5.82. The molecule has 0 aliphatic heterocycles. The van der Waals surface area contributed by atoms with Crippen molar-refractivity contribution in [1.29, 1.82) is 0 Å². The maximum absolute atomic E-state index is 11.3. The number of esters is 1. The van der Waals surface area contributed by atoms with E-state index in [0.717, 1.165) is 24.0 Å². The topological polar surface area (TPSA) is 26.3 Å². The number of rotatable bonds is 6. The van der Waals surface area contributed by atoms with E-state index in [2.05, 4.69) is 6.92 Å². The Kier molecular flexibility index (Phi) is 6.55. The summed E-state index contributed by atoms with van der Waals surface area (Å²) in [5.74, 6) is -0.277. The van der Waals surface area contributed by atoms with Gasteiger partial charge in [0.15, 0.2) is 0 Å². The molecule has 0 spiro atoms. The molecular weight excluding hydrogens is 224 g/mol. The molecule has 18 heavy (non-hydrogen) atoms. The van der Waals surface area contributed by atoms with Crippen LogP contribution in [0.1, 0.15) is 32.3 Å². The monoisotopic (exact) mass is 244 g/mol. The Morgan fingerprint density at radius 2 is 2.00 bits per heavy atom. The Morgan fingerprint density at radius 3 is 2.67 bits per heavy atom. The van der Waals surface area contributed by atoms with E-state index in [-0.39, 0.29) is 5.97 Å². The summed E-state index contributed by atoms with van der Waals surface area (Å²) in [6.45, 7) is 4.58. The lowest BCUT2D eigenvalue weighted by atomic mass is 10.1. The van der Waals surface area contributed by atoms with Crippen molar-refractivity contribution in [2.75, 3.05) is 6.61 Å². The van der Waals surface area contributed by atoms with Crippen LogP contribution in [-0.4, -0.2) is 12.6 Å². The third-order valence-electron chi connectivity index (χ3n) is 2.55. The Balaban J connectivity index is 2.45. The number of hydrogen-bond donors (Lipinski definition) is 0. The van der Waals surface area contributed by atoms with Crippen molar-refractivity contribution < 1.29 is 9.53 Å². The minimum atomic E-state index is -0.277. The second-order valence-corrected chi connectivity index (χ2v) is 4.10. The molecule has 0 radical (unpaired) electrons. The van der Waals surface area contributed by atoms with Crippen molar-refractivity contribution in [2.24, 2.45) is 0 Å². The molecule has 0 aliphatic rings. The number of ether oxygens (including phenoxy) is 1. The molecular formula is C16H20O2. The van der Waals surface area contributed by atoms with Crippen molar-refractivity contribution in [3.63, 3.8) is 0 Å². The van der Waals surface area contributed by atoms with Gasteiger partial charge in [-0.3, -0.25) is 0 Å². The Bertz CT molecular complexity index is 416. The molecule has 0 saturated heterocycles. The number of allylic oxidation sites excluding steroid dienone is 3. The van der Waals surface area contributed by atoms with Gasteiger partial charge in [0.2, 0.25) is 0 Å². The predicted molar refractivity (Wildman–Crippen MR) is 75.1 cm³/mol. The zero-order valence-corrected chi connectivity index (χ0v) is 11.1. The summed E-state index contributed by atoms with van der Waals surface area (Å²) in [5, 5.41) is 0. The van der Waals surface area contributed by atoms with Crippen LogP contribution in [0.5, 0.6) is 0 Å². The van der Waals surface area contributed by atoms with Crippen molar-refractivity contribution in [3.8, 4) is 0 Å². The van der Waals surface area contributed by atoms with Gasteiger partial charge in [0, 0.05) is 6.08 Å². The second-order valence-electron chi connectivity index (χ2n) is 4.10. The van der Waals surface area contributed by atoms with E-state index in [9.17, 15) is 4.79 Å². The van der Waals surface area contributed by atoms with E-state index in [1.165, 1.54) is 6.08 Å². The zero-order valence-electron chi connectivity index (χ0n) is 11.1. The smallest absolute Gasteiger partial charge is 0.330 e. The number of benzene rings is 1. The summed E-state index contributed by atoms with van der Waals surface area (Å²) in [6, 6.07) is 10.1. The fraction of sp³-hybridized carbons (Fsp3) is 0.312. The summed E-state index contributed by atoms with van der Waals surface area (Å²) in [7, 11) is 0. The van der Waals surface area contributed by atoms with E-state index in [1.807, 2.05) is 43.3 Å². The van der Waals surface area contributed by atoms with Crippen LogP contribution in [0.25, 0.3) is 5.57 Å². The number of carbonyl (C=O) groups is 1. The number of carbonyl (C=O) groups excluding carboxylic acids is 1. The van der Waals surface area contributed by atoms with Crippen molar-refractivity contribution in [2.45, 2.75) is 26.7 Å². The molecule has 0 aromatic heterocycles. The van der Waals surface area contributed by atoms with Gasteiger partial charge in [-0.2, -0.15) is 0 Å². The molecule has 1 aromatic rings. The van der Waals surface area contributed by atoms with Crippen LogP contribution >= 0.6 is 0 Å². The van der Waals surface area contributed by atoms with Gasteiger partial charge in [-0.25, -0.2) is 4.79 Å². The van der Waals surface area contributed by atoms with Crippen LogP contribution < -0.4 is 0 Å². The first kappa shape index (κ1) is 14.2. The van der Waals surface area contributed by atoms with Gasteiger partial charge in [0.1, 0.15) is 0 Å². The average Bonchev–Trinajstić information content (AvgIpc) is 2.40. The lowest BCUT2D eigenvalue weighted by Gasteiger charge is -1.99. The Hall–Kier alpha value is -1.83. The van der Waals surface area contributed by atoms with Gasteiger partial charge in [-0.15, -0.1) is 0 Å².